The van der Waals surface area contributed by atoms with Gasteiger partial charge in [-0.3, -0.25) is 4.90 Å². The number of hydrogen-bond acceptors (Lipinski definition) is 5. The molecule has 2 radical (unpaired) electrons. The number of carbonyl (C=O) groups excluding carboxylic acids is 1. The Hall–Kier alpha value is -1.05. The van der Waals surface area contributed by atoms with Gasteiger partial charge >= 0.3 is 6.09 Å². The van der Waals surface area contributed by atoms with E-state index in [0.29, 0.717) is 6.54 Å². The fourth-order valence-electron chi connectivity index (χ4n) is 1.11. The molecule has 1 atom stereocenters. The SMILES string of the molecule is CC(C)(O)C(C)(C)O.[B]/C=C/CN(C)[C@H](C)CNC(=O)OC(C)(C)C.[HH]. The first kappa shape index (κ1) is 26.2. The summed E-state index contributed by atoms with van der Waals surface area (Å²) in [6, 6.07) is 0.221. The number of alkyl carbamates (subject to hydrolysis) is 1. The minimum Gasteiger partial charge on any atom is -0.444 e. The number of rotatable bonds is 6. The van der Waals surface area contributed by atoms with Gasteiger partial charge in [0.1, 0.15) is 13.4 Å². The number of carbonyl (C=O) groups is 1. The molecule has 0 aromatic heterocycles. The Morgan fingerprint density at radius 1 is 1.20 bits per heavy atom. The number of nitrogens with zero attached hydrogens (tertiary/aromatic N) is 1. The van der Waals surface area contributed by atoms with Gasteiger partial charge in [-0.1, -0.05) is 6.08 Å². The summed E-state index contributed by atoms with van der Waals surface area (Å²) in [4.78, 5) is 13.5. The molecular formula is C18H39BN2O4. The molecule has 3 N–H and O–H groups in total. The predicted molar refractivity (Wildman–Crippen MR) is 106 cm³/mol. The zero-order valence-electron chi connectivity index (χ0n) is 17.4. The van der Waals surface area contributed by atoms with Gasteiger partial charge in [0, 0.05) is 20.6 Å². The van der Waals surface area contributed by atoms with Crippen molar-refractivity contribution in [1.82, 2.24) is 10.2 Å². The van der Waals surface area contributed by atoms with E-state index in [1.165, 1.54) is 5.98 Å². The third kappa shape index (κ3) is 15.0. The summed E-state index contributed by atoms with van der Waals surface area (Å²) >= 11 is 0. The van der Waals surface area contributed by atoms with Crippen molar-refractivity contribution in [3.05, 3.63) is 12.1 Å². The molecule has 7 heteroatoms. The zero-order chi connectivity index (χ0) is 20.5. The van der Waals surface area contributed by atoms with Gasteiger partial charge < -0.3 is 20.3 Å². The largest absolute Gasteiger partial charge is 0.444 e. The molecule has 0 fully saturated rings. The van der Waals surface area contributed by atoms with Gasteiger partial charge in [0.15, 0.2) is 0 Å². The monoisotopic (exact) mass is 358 g/mol. The van der Waals surface area contributed by atoms with Crippen molar-refractivity contribution in [3.8, 4) is 0 Å². The Morgan fingerprint density at radius 3 is 1.96 bits per heavy atom. The van der Waals surface area contributed by atoms with Gasteiger partial charge in [-0.05, 0) is 62.4 Å². The second-order valence-electron chi connectivity index (χ2n) is 8.22. The first-order valence-corrected chi connectivity index (χ1v) is 8.50. The number of aliphatic hydroxyl groups is 2. The Balaban J connectivity index is -0.000000498. The Bertz CT molecular complexity index is 401. The molecule has 148 valence electrons. The van der Waals surface area contributed by atoms with E-state index < -0.39 is 16.8 Å². The molecule has 0 heterocycles. The number of nitrogens with one attached hydrogen (secondary N) is 1. The number of amides is 1. The molecule has 0 aliphatic heterocycles. The van der Waals surface area contributed by atoms with E-state index in [-0.39, 0.29) is 13.6 Å². The van der Waals surface area contributed by atoms with Crippen LogP contribution < -0.4 is 5.32 Å². The molecule has 0 aliphatic carbocycles. The van der Waals surface area contributed by atoms with Gasteiger partial charge in [0.2, 0.25) is 0 Å². The summed E-state index contributed by atoms with van der Waals surface area (Å²) in [5.41, 5.74) is -2.47. The first-order chi connectivity index (χ1) is 11.0. The molecule has 6 nitrogen and oxygen atoms in total. The minimum absolute atomic E-state index is 0. The summed E-state index contributed by atoms with van der Waals surface area (Å²) in [6.07, 6.45) is 1.48. The second-order valence-corrected chi connectivity index (χ2v) is 8.22. The lowest BCUT2D eigenvalue weighted by molar-refractivity contribution is -0.107. The lowest BCUT2D eigenvalue weighted by atomic mass is 9.90. The standard InChI is InChI=1S/C12H23BN2O2.C6H14O2.H2/c1-10(15(5)8-6-7-13)9-14-11(16)17-12(2,3)4;1-5(2,7)6(3,4)8;/h6-7,10H,8-9H2,1-5H3,(H,14,16);7-8H,1-4H3;1H/b7-6+;;/t10-;;/m1../s1. The average molecular weight is 358 g/mol. The lowest BCUT2D eigenvalue weighted by Crippen LogP contribution is -2.44. The van der Waals surface area contributed by atoms with E-state index in [2.05, 4.69) is 10.2 Å². The van der Waals surface area contributed by atoms with Crippen LogP contribution in [0.2, 0.25) is 0 Å². The zero-order valence-corrected chi connectivity index (χ0v) is 17.4. The minimum atomic E-state index is -1.01. The van der Waals surface area contributed by atoms with Crippen LogP contribution in [0.3, 0.4) is 0 Å². The molecule has 0 spiro atoms. The molecule has 0 saturated heterocycles. The van der Waals surface area contributed by atoms with E-state index in [9.17, 15) is 4.79 Å². The van der Waals surface area contributed by atoms with Crippen molar-refractivity contribution < 1.29 is 21.2 Å². The van der Waals surface area contributed by atoms with Crippen LogP contribution in [0.25, 0.3) is 0 Å². The maximum absolute atomic E-state index is 11.4. The van der Waals surface area contributed by atoms with Crippen LogP contribution in [0.15, 0.2) is 12.1 Å². The highest BCUT2D eigenvalue weighted by atomic mass is 16.6. The van der Waals surface area contributed by atoms with E-state index in [1.54, 1.807) is 27.7 Å². The van der Waals surface area contributed by atoms with Crippen LogP contribution in [0.1, 0.15) is 56.8 Å². The maximum Gasteiger partial charge on any atom is 0.407 e. The van der Waals surface area contributed by atoms with E-state index >= 15 is 0 Å². The summed E-state index contributed by atoms with van der Waals surface area (Å²) < 4.78 is 5.15. The van der Waals surface area contributed by atoms with E-state index in [0.717, 1.165) is 6.54 Å². The third-order valence-corrected chi connectivity index (χ3v) is 3.72. The van der Waals surface area contributed by atoms with E-state index in [1.807, 2.05) is 40.8 Å². The Morgan fingerprint density at radius 2 is 1.64 bits per heavy atom. The molecule has 0 aliphatic rings. The van der Waals surface area contributed by atoms with Gasteiger partial charge in [-0.2, -0.15) is 0 Å². The summed E-state index contributed by atoms with van der Waals surface area (Å²) in [5, 5.41) is 20.9. The van der Waals surface area contributed by atoms with E-state index in [4.69, 9.17) is 22.8 Å². The van der Waals surface area contributed by atoms with Crippen LogP contribution in [0.4, 0.5) is 4.79 Å². The highest BCUT2D eigenvalue weighted by molar-refractivity contribution is 6.16. The smallest absolute Gasteiger partial charge is 0.407 e. The molecule has 1 amide bonds. The molecule has 0 saturated carbocycles. The normalized spacial score (nSPS) is 14.1. The quantitative estimate of drug-likeness (QED) is 0.635. The van der Waals surface area contributed by atoms with Gasteiger partial charge in [0.05, 0.1) is 11.2 Å². The van der Waals surface area contributed by atoms with Crippen molar-refractivity contribution in [1.29, 1.82) is 0 Å². The molecule has 0 aromatic rings. The fraction of sp³-hybridized carbons (Fsp3) is 0.833. The van der Waals surface area contributed by atoms with Crippen molar-refractivity contribution in [2.24, 2.45) is 0 Å². The highest BCUT2D eigenvalue weighted by Crippen LogP contribution is 2.19. The summed E-state index contributed by atoms with van der Waals surface area (Å²) in [7, 11) is 7.25. The predicted octanol–water partition coefficient (Wildman–Crippen LogP) is 2.29. The lowest BCUT2D eigenvalue weighted by Gasteiger charge is -2.31. The van der Waals surface area contributed by atoms with Crippen LogP contribution in [0, 0.1) is 0 Å². The number of ether oxygens (including phenoxy) is 1. The average Bonchev–Trinajstić information content (AvgIpc) is 2.38. The van der Waals surface area contributed by atoms with Gasteiger partial charge in [-0.15, -0.1) is 5.98 Å². The van der Waals surface area contributed by atoms with Crippen molar-refractivity contribution >= 4 is 13.9 Å². The maximum atomic E-state index is 11.4. The molecule has 25 heavy (non-hydrogen) atoms. The van der Waals surface area contributed by atoms with Crippen molar-refractivity contribution in [2.75, 3.05) is 20.1 Å². The molecule has 0 aromatic carbocycles. The number of likely N-dealkylation sites (N-methyl/N-ethyl adjacent to an activating group) is 1. The molecule has 0 unspecified atom stereocenters. The van der Waals surface area contributed by atoms with Crippen molar-refractivity contribution in [3.63, 3.8) is 0 Å². The highest BCUT2D eigenvalue weighted by Gasteiger charge is 2.31. The topological polar surface area (TPSA) is 82.0 Å². The molecule has 0 bridgehead atoms. The first-order valence-electron chi connectivity index (χ1n) is 8.50. The van der Waals surface area contributed by atoms with Crippen LogP contribution >= 0.6 is 0 Å². The van der Waals surface area contributed by atoms with Crippen LogP contribution in [-0.2, 0) is 4.74 Å². The number of hydrogen-bond donors (Lipinski definition) is 3. The van der Waals surface area contributed by atoms with Gasteiger partial charge in [-0.25, -0.2) is 4.79 Å². The van der Waals surface area contributed by atoms with Crippen LogP contribution in [-0.4, -0.2) is 72.0 Å². The molecule has 0 rings (SSSR count). The Kier molecular flexibility index (Phi) is 11.4. The van der Waals surface area contributed by atoms with Crippen LogP contribution in [0.5, 0.6) is 0 Å². The summed E-state index contributed by atoms with van der Waals surface area (Å²) in [5.74, 6) is 1.52. The third-order valence-electron chi connectivity index (χ3n) is 3.72. The van der Waals surface area contributed by atoms with Crippen molar-refractivity contribution in [2.45, 2.75) is 78.2 Å². The summed E-state index contributed by atoms with van der Waals surface area (Å²) in [6.45, 7) is 15.2. The van der Waals surface area contributed by atoms with Gasteiger partial charge in [0.25, 0.3) is 0 Å². The molecular weight excluding hydrogens is 319 g/mol. The Labute approximate surface area is 156 Å². The fourth-order valence-corrected chi connectivity index (χ4v) is 1.11. The second kappa shape index (κ2) is 10.8.